The highest BCUT2D eigenvalue weighted by Gasteiger charge is 2.13. The lowest BCUT2D eigenvalue weighted by atomic mass is 10.1. The number of benzene rings is 2. The molecule has 2 heterocycles. The maximum absolute atomic E-state index is 12.0. The highest BCUT2D eigenvalue weighted by Crippen LogP contribution is 2.30. The average molecular weight is 350 g/mol. The normalized spacial score (nSPS) is 11.1. The van der Waals surface area contributed by atoms with E-state index < -0.39 is 0 Å². The summed E-state index contributed by atoms with van der Waals surface area (Å²) in [5.41, 5.74) is 3.33. The van der Waals surface area contributed by atoms with Crippen molar-refractivity contribution in [3.05, 3.63) is 70.5 Å². The first kappa shape index (κ1) is 15.5. The van der Waals surface area contributed by atoms with E-state index in [1.807, 2.05) is 52.9 Å². The molecule has 0 bridgehead atoms. The van der Waals surface area contributed by atoms with E-state index >= 15 is 0 Å². The fourth-order valence-electron chi connectivity index (χ4n) is 2.86. The monoisotopic (exact) mass is 350 g/mol. The van der Waals surface area contributed by atoms with Gasteiger partial charge >= 0.3 is 5.97 Å². The molecule has 0 aliphatic carbocycles. The van der Waals surface area contributed by atoms with Crippen molar-refractivity contribution < 1.29 is 9.53 Å². The minimum absolute atomic E-state index is 0.219. The van der Waals surface area contributed by atoms with Crippen LogP contribution in [-0.4, -0.2) is 22.5 Å². The van der Waals surface area contributed by atoms with E-state index in [9.17, 15) is 9.59 Å². The van der Waals surface area contributed by atoms with E-state index in [0.29, 0.717) is 4.96 Å². The van der Waals surface area contributed by atoms with Crippen LogP contribution in [-0.2, 0) is 16.0 Å². The van der Waals surface area contributed by atoms with Crippen molar-refractivity contribution in [2.45, 2.75) is 6.42 Å². The van der Waals surface area contributed by atoms with Gasteiger partial charge in [-0.3, -0.25) is 14.0 Å². The molecule has 124 valence electrons. The quantitative estimate of drug-likeness (QED) is 0.532. The fourth-order valence-corrected chi connectivity index (χ4v) is 3.95. The van der Waals surface area contributed by atoms with E-state index in [4.69, 9.17) is 4.74 Å². The van der Waals surface area contributed by atoms with Crippen LogP contribution in [0.15, 0.2) is 59.4 Å². The van der Waals surface area contributed by atoms with E-state index in [0.717, 1.165) is 27.0 Å². The molecule has 0 spiro atoms. The fraction of sp³-hybridized carbons (Fsp3) is 0.105. The van der Waals surface area contributed by atoms with Gasteiger partial charge in [0.1, 0.15) is 0 Å². The zero-order chi connectivity index (χ0) is 17.4. The van der Waals surface area contributed by atoms with E-state index in [-0.39, 0.29) is 17.9 Å². The topological polar surface area (TPSA) is 60.7 Å². The van der Waals surface area contributed by atoms with Gasteiger partial charge in [-0.15, -0.1) is 0 Å². The van der Waals surface area contributed by atoms with Crippen molar-refractivity contribution in [2.24, 2.45) is 0 Å². The number of hydrogen-bond acceptors (Lipinski definition) is 5. The van der Waals surface area contributed by atoms with Crippen molar-refractivity contribution in [2.75, 3.05) is 7.11 Å². The predicted molar refractivity (Wildman–Crippen MR) is 98.0 cm³/mol. The number of hydrogen-bond donors (Lipinski definition) is 0. The van der Waals surface area contributed by atoms with Crippen molar-refractivity contribution in [3.63, 3.8) is 0 Å². The van der Waals surface area contributed by atoms with Gasteiger partial charge in [0.05, 0.1) is 29.4 Å². The smallest absolute Gasteiger partial charge is 0.309 e. The number of fused-ring (bicyclic) bond motifs is 3. The van der Waals surface area contributed by atoms with Crippen LogP contribution in [0.1, 0.15) is 5.56 Å². The van der Waals surface area contributed by atoms with E-state index in [2.05, 4.69) is 4.98 Å². The lowest BCUT2D eigenvalue weighted by molar-refractivity contribution is -0.139. The molecule has 0 atom stereocenters. The Balaban J connectivity index is 1.97. The first-order valence-electron chi connectivity index (χ1n) is 7.73. The molecular weight excluding hydrogens is 336 g/mol. The first-order valence-corrected chi connectivity index (χ1v) is 8.55. The van der Waals surface area contributed by atoms with Crippen molar-refractivity contribution in [1.82, 2.24) is 9.38 Å². The highest BCUT2D eigenvalue weighted by atomic mass is 32.1. The molecule has 0 fully saturated rings. The molecular formula is C19H14N2O3S. The number of methoxy groups -OCH3 is 1. The highest BCUT2D eigenvalue weighted by molar-refractivity contribution is 7.23. The Morgan fingerprint density at radius 1 is 1.16 bits per heavy atom. The molecule has 0 saturated heterocycles. The second-order valence-corrected chi connectivity index (χ2v) is 6.63. The summed E-state index contributed by atoms with van der Waals surface area (Å²) >= 11 is 1.43. The number of ether oxygens (including phenoxy) is 1. The third-order valence-corrected chi connectivity index (χ3v) is 5.01. The lowest BCUT2D eigenvalue weighted by Crippen LogP contribution is -2.08. The molecule has 0 radical (unpaired) electrons. The van der Waals surface area contributed by atoms with E-state index in [1.165, 1.54) is 18.4 Å². The number of carbonyl (C=O) groups is 1. The summed E-state index contributed by atoms with van der Waals surface area (Å²) in [6.45, 7) is 0. The van der Waals surface area contributed by atoms with Crippen molar-refractivity contribution in [3.8, 4) is 11.3 Å². The molecule has 25 heavy (non-hydrogen) atoms. The molecule has 4 aromatic rings. The van der Waals surface area contributed by atoms with E-state index in [1.54, 1.807) is 6.07 Å². The van der Waals surface area contributed by atoms with Crippen LogP contribution in [0.5, 0.6) is 0 Å². The molecule has 2 aromatic carbocycles. The third-order valence-electron chi connectivity index (χ3n) is 4.01. The number of rotatable bonds is 3. The largest absolute Gasteiger partial charge is 0.469 e. The van der Waals surface area contributed by atoms with Crippen LogP contribution in [0.25, 0.3) is 26.4 Å². The molecule has 2 aromatic heterocycles. The van der Waals surface area contributed by atoms with Gasteiger partial charge in [0.25, 0.3) is 5.56 Å². The van der Waals surface area contributed by atoms with Gasteiger partial charge in [-0.05, 0) is 23.3 Å². The zero-order valence-corrected chi connectivity index (χ0v) is 14.2. The maximum Gasteiger partial charge on any atom is 0.309 e. The minimum Gasteiger partial charge on any atom is -0.469 e. The van der Waals surface area contributed by atoms with Crippen LogP contribution in [0.4, 0.5) is 0 Å². The summed E-state index contributed by atoms with van der Waals surface area (Å²) in [6, 6.07) is 17.1. The van der Waals surface area contributed by atoms with Crippen LogP contribution in [0.2, 0.25) is 0 Å². The maximum atomic E-state index is 12.0. The Morgan fingerprint density at radius 3 is 2.72 bits per heavy atom. The zero-order valence-electron chi connectivity index (χ0n) is 13.4. The Morgan fingerprint density at radius 2 is 1.96 bits per heavy atom. The van der Waals surface area contributed by atoms with Crippen molar-refractivity contribution in [1.29, 1.82) is 0 Å². The molecule has 4 rings (SSSR count). The summed E-state index contributed by atoms with van der Waals surface area (Å²) in [4.78, 5) is 28.3. The number of nitrogens with zero attached hydrogens (tertiary/aromatic N) is 2. The Hall–Kier alpha value is -2.99. The Labute approximate surface area is 147 Å². The lowest BCUT2D eigenvalue weighted by Gasteiger charge is -2.06. The van der Waals surface area contributed by atoms with Gasteiger partial charge in [-0.2, -0.15) is 4.98 Å². The molecule has 0 unspecified atom stereocenters. The molecule has 0 aliphatic rings. The van der Waals surface area contributed by atoms with Crippen LogP contribution >= 0.6 is 11.3 Å². The molecule has 5 nitrogen and oxygen atoms in total. The summed E-state index contributed by atoms with van der Waals surface area (Å²) < 4.78 is 7.68. The summed E-state index contributed by atoms with van der Waals surface area (Å²) in [7, 11) is 1.38. The standard InChI is InChI=1S/C19H14N2O3S/c1-24-18(23)10-12-7-8-14-16(9-12)25-19-20-17(22)11-15(21(14)19)13-5-3-2-4-6-13/h2-9,11H,10H2,1H3. The molecule has 0 aliphatic heterocycles. The van der Waals surface area contributed by atoms with Gasteiger partial charge in [0.2, 0.25) is 0 Å². The SMILES string of the molecule is COC(=O)Cc1ccc2c(c1)sc1nc(=O)cc(-c3ccccc3)n12. The molecule has 6 heteroatoms. The molecule has 0 amide bonds. The second kappa shape index (κ2) is 6.14. The first-order chi connectivity index (χ1) is 12.2. The summed E-state index contributed by atoms with van der Waals surface area (Å²) in [5, 5.41) is 0. The van der Waals surface area contributed by atoms with Crippen LogP contribution in [0.3, 0.4) is 0 Å². The van der Waals surface area contributed by atoms with Gasteiger partial charge in [-0.25, -0.2) is 0 Å². The van der Waals surface area contributed by atoms with Gasteiger partial charge in [0.15, 0.2) is 4.96 Å². The number of esters is 1. The number of carbonyl (C=O) groups excluding carboxylic acids is 1. The Kier molecular flexibility index (Phi) is 3.82. The number of aromatic nitrogens is 2. The summed E-state index contributed by atoms with van der Waals surface area (Å²) in [6.07, 6.45) is 0.219. The van der Waals surface area contributed by atoms with Gasteiger partial charge in [0, 0.05) is 6.07 Å². The van der Waals surface area contributed by atoms with Crippen LogP contribution < -0.4 is 5.56 Å². The predicted octanol–water partition coefficient (Wildman–Crippen LogP) is 3.29. The average Bonchev–Trinajstić information content (AvgIpc) is 2.98. The van der Waals surface area contributed by atoms with Gasteiger partial charge in [-0.1, -0.05) is 47.7 Å². The summed E-state index contributed by atoms with van der Waals surface area (Å²) in [5.74, 6) is -0.280. The van der Waals surface area contributed by atoms with Crippen LogP contribution in [0, 0.1) is 0 Å². The molecule has 0 N–H and O–H groups in total. The number of thiazole rings is 1. The van der Waals surface area contributed by atoms with Crippen molar-refractivity contribution >= 4 is 32.5 Å². The van der Waals surface area contributed by atoms with Gasteiger partial charge < -0.3 is 4.74 Å². The third kappa shape index (κ3) is 2.81. The molecule has 0 saturated carbocycles. The second-order valence-electron chi connectivity index (χ2n) is 5.62. The Bertz CT molecular complexity index is 1150. The minimum atomic E-state index is -0.280.